The van der Waals surface area contributed by atoms with Gasteiger partial charge in [0.05, 0.1) is 35.5 Å². The number of aromatic carboxylic acids is 1. The van der Waals surface area contributed by atoms with Crippen LogP contribution in [-0.4, -0.2) is 31.5 Å². The van der Waals surface area contributed by atoms with Crippen molar-refractivity contribution in [3.05, 3.63) is 106 Å². The average molecular weight is 432 g/mol. The number of hydrogen-bond donors (Lipinski definition) is 2. The van der Waals surface area contributed by atoms with E-state index in [0.29, 0.717) is 11.1 Å². The highest BCUT2D eigenvalue weighted by Crippen LogP contribution is 2.10. The number of carboxylic acid groups (broad SMARTS) is 1. The number of carboxylic acids is 1. The van der Waals surface area contributed by atoms with Gasteiger partial charge in [-0.15, -0.1) is 0 Å². The molecule has 0 bridgehead atoms. The molecule has 0 atom stereocenters. The number of amides is 1. The van der Waals surface area contributed by atoms with Crippen molar-refractivity contribution in [2.24, 2.45) is 0 Å². The number of hydrogen-bond acceptors (Lipinski definition) is 5. The first-order valence-electron chi connectivity index (χ1n) is 9.61. The van der Waals surface area contributed by atoms with E-state index < -0.39 is 17.7 Å². The second kappa shape index (κ2) is 8.76. The minimum atomic E-state index is -1.03. The van der Waals surface area contributed by atoms with Gasteiger partial charge in [-0.1, -0.05) is 24.3 Å². The Bertz CT molecular complexity index is 1380. The van der Waals surface area contributed by atoms with Crippen LogP contribution >= 0.6 is 0 Å². The van der Waals surface area contributed by atoms with Gasteiger partial charge in [-0.25, -0.2) is 19.2 Å². The fourth-order valence-electron chi connectivity index (χ4n) is 3.17. The number of nitrogens with one attached hydrogen (secondary N) is 1. The zero-order valence-corrected chi connectivity index (χ0v) is 16.7. The van der Waals surface area contributed by atoms with Gasteiger partial charge >= 0.3 is 5.97 Å². The molecule has 2 heterocycles. The van der Waals surface area contributed by atoms with Crippen LogP contribution < -0.4 is 10.9 Å². The largest absolute Gasteiger partial charge is 0.478 e. The standard InChI is InChI=1S/C23H17FN4O4/c24-17-3-1-2-15(8-17)10-26-21(29)19-9-18-20(11-25-19)27-13-28(22(18)30)12-14-4-6-16(7-5-14)23(31)32/h1-9,11,13H,10,12H2,(H,26,29)(H,31,32). The molecule has 9 heteroatoms. The number of aromatic nitrogens is 3. The highest BCUT2D eigenvalue weighted by molar-refractivity contribution is 5.95. The van der Waals surface area contributed by atoms with Gasteiger partial charge in [0.2, 0.25) is 0 Å². The predicted molar refractivity (Wildman–Crippen MR) is 114 cm³/mol. The van der Waals surface area contributed by atoms with E-state index in [0.717, 1.165) is 5.56 Å². The molecular weight excluding hydrogens is 415 g/mol. The predicted octanol–water partition coefficient (Wildman–Crippen LogP) is 2.61. The van der Waals surface area contributed by atoms with E-state index in [1.54, 1.807) is 24.3 Å². The van der Waals surface area contributed by atoms with Crippen molar-refractivity contribution in [1.82, 2.24) is 19.9 Å². The molecule has 2 aromatic heterocycles. The van der Waals surface area contributed by atoms with Crippen LogP contribution in [0.1, 0.15) is 32.0 Å². The molecule has 2 N–H and O–H groups in total. The number of halogens is 1. The maximum atomic E-state index is 13.3. The lowest BCUT2D eigenvalue weighted by atomic mass is 10.1. The summed E-state index contributed by atoms with van der Waals surface area (Å²) < 4.78 is 14.7. The molecule has 0 aliphatic heterocycles. The summed E-state index contributed by atoms with van der Waals surface area (Å²) in [5.74, 6) is -1.93. The third kappa shape index (κ3) is 4.51. The van der Waals surface area contributed by atoms with Crippen molar-refractivity contribution < 1.29 is 19.1 Å². The number of pyridine rings is 1. The molecule has 0 aliphatic rings. The molecule has 8 nitrogen and oxygen atoms in total. The van der Waals surface area contributed by atoms with Gasteiger partial charge in [-0.05, 0) is 41.5 Å². The van der Waals surface area contributed by atoms with Gasteiger partial charge in [0, 0.05) is 6.54 Å². The van der Waals surface area contributed by atoms with Gasteiger partial charge < -0.3 is 10.4 Å². The third-order valence-corrected chi connectivity index (χ3v) is 4.84. The molecule has 0 aliphatic carbocycles. The van der Waals surface area contributed by atoms with Gasteiger partial charge in [-0.2, -0.15) is 0 Å². The number of carbonyl (C=O) groups is 2. The minimum Gasteiger partial charge on any atom is -0.478 e. The van der Waals surface area contributed by atoms with Crippen molar-refractivity contribution in [2.45, 2.75) is 13.1 Å². The average Bonchev–Trinajstić information content (AvgIpc) is 2.79. The van der Waals surface area contributed by atoms with E-state index in [-0.39, 0.29) is 35.3 Å². The molecule has 32 heavy (non-hydrogen) atoms. The Kier molecular flexibility index (Phi) is 5.71. The lowest BCUT2D eigenvalue weighted by Gasteiger charge is -2.09. The van der Waals surface area contributed by atoms with Crippen molar-refractivity contribution in [3.8, 4) is 0 Å². The van der Waals surface area contributed by atoms with Gasteiger partial charge in [0.15, 0.2) is 0 Å². The van der Waals surface area contributed by atoms with E-state index >= 15 is 0 Å². The van der Waals surface area contributed by atoms with Crippen LogP contribution in [-0.2, 0) is 13.1 Å². The monoisotopic (exact) mass is 432 g/mol. The molecule has 0 unspecified atom stereocenters. The highest BCUT2D eigenvalue weighted by Gasteiger charge is 2.12. The van der Waals surface area contributed by atoms with E-state index in [1.807, 2.05) is 0 Å². The number of carbonyl (C=O) groups excluding carboxylic acids is 1. The maximum absolute atomic E-state index is 13.3. The topological polar surface area (TPSA) is 114 Å². The summed E-state index contributed by atoms with van der Waals surface area (Å²) in [6.45, 7) is 0.297. The van der Waals surface area contributed by atoms with Crippen LogP contribution in [0.3, 0.4) is 0 Å². The number of nitrogens with zero attached hydrogens (tertiary/aromatic N) is 3. The van der Waals surface area contributed by atoms with Crippen molar-refractivity contribution in [1.29, 1.82) is 0 Å². The SMILES string of the molecule is O=C(O)c1ccc(Cn2cnc3cnc(C(=O)NCc4cccc(F)c4)cc3c2=O)cc1. The van der Waals surface area contributed by atoms with Gasteiger partial charge in [0.25, 0.3) is 11.5 Å². The summed E-state index contributed by atoms with van der Waals surface area (Å²) in [4.78, 5) is 44.7. The molecule has 0 spiro atoms. The Labute approximate surface area is 181 Å². The zero-order valence-electron chi connectivity index (χ0n) is 16.7. The molecule has 4 aromatic rings. The lowest BCUT2D eigenvalue weighted by Crippen LogP contribution is -2.25. The molecule has 2 aromatic carbocycles. The summed E-state index contributed by atoms with van der Waals surface area (Å²) in [7, 11) is 0. The van der Waals surface area contributed by atoms with Crippen molar-refractivity contribution >= 4 is 22.8 Å². The third-order valence-electron chi connectivity index (χ3n) is 4.84. The summed E-state index contributed by atoms with van der Waals surface area (Å²) in [5.41, 5.74) is 1.49. The smallest absolute Gasteiger partial charge is 0.335 e. The Morgan fingerprint density at radius 3 is 2.53 bits per heavy atom. The fraction of sp³-hybridized carbons (Fsp3) is 0.0870. The molecule has 0 saturated carbocycles. The molecule has 0 radical (unpaired) electrons. The first-order valence-corrected chi connectivity index (χ1v) is 9.61. The maximum Gasteiger partial charge on any atom is 0.335 e. The fourth-order valence-corrected chi connectivity index (χ4v) is 3.17. The van der Waals surface area contributed by atoms with Crippen molar-refractivity contribution in [2.75, 3.05) is 0 Å². The van der Waals surface area contributed by atoms with Crippen LogP contribution in [0.15, 0.2) is 71.9 Å². The van der Waals surface area contributed by atoms with E-state index in [4.69, 9.17) is 5.11 Å². The van der Waals surface area contributed by atoms with Crippen molar-refractivity contribution in [3.63, 3.8) is 0 Å². The Balaban J connectivity index is 1.56. The van der Waals surface area contributed by atoms with E-state index in [2.05, 4.69) is 15.3 Å². The highest BCUT2D eigenvalue weighted by atomic mass is 19.1. The van der Waals surface area contributed by atoms with Gasteiger partial charge in [0.1, 0.15) is 11.5 Å². The Morgan fingerprint density at radius 2 is 1.81 bits per heavy atom. The molecule has 4 rings (SSSR count). The number of fused-ring (bicyclic) bond motifs is 1. The summed E-state index contributed by atoms with van der Waals surface area (Å²) in [6.07, 6.45) is 2.72. The molecule has 0 saturated heterocycles. The van der Waals surface area contributed by atoms with Crippen LogP contribution in [0.2, 0.25) is 0 Å². The Morgan fingerprint density at radius 1 is 1.03 bits per heavy atom. The first kappa shape index (κ1) is 20.9. The van der Waals surface area contributed by atoms with E-state index in [1.165, 1.54) is 47.4 Å². The second-order valence-corrected chi connectivity index (χ2v) is 7.08. The van der Waals surface area contributed by atoms with Crippen LogP contribution in [0.4, 0.5) is 4.39 Å². The van der Waals surface area contributed by atoms with Crippen LogP contribution in [0.25, 0.3) is 10.9 Å². The van der Waals surface area contributed by atoms with E-state index in [9.17, 15) is 18.8 Å². The summed E-state index contributed by atoms with van der Waals surface area (Å²) in [5, 5.41) is 11.9. The zero-order chi connectivity index (χ0) is 22.7. The quantitative estimate of drug-likeness (QED) is 0.484. The summed E-state index contributed by atoms with van der Waals surface area (Å²) >= 11 is 0. The number of benzene rings is 2. The van der Waals surface area contributed by atoms with Gasteiger partial charge in [-0.3, -0.25) is 14.2 Å². The second-order valence-electron chi connectivity index (χ2n) is 7.08. The molecule has 1 amide bonds. The van der Waals surface area contributed by atoms with Crippen LogP contribution in [0, 0.1) is 5.82 Å². The number of rotatable bonds is 6. The molecule has 160 valence electrons. The lowest BCUT2D eigenvalue weighted by molar-refractivity contribution is 0.0696. The van der Waals surface area contributed by atoms with Crippen LogP contribution in [0.5, 0.6) is 0 Å². The minimum absolute atomic E-state index is 0.0383. The molecular formula is C23H17FN4O4. The normalized spacial score (nSPS) is 10.8. The molecule has 0 fully saturated rings. The summed E-state index contributed by atoms with van der Waals surface area (Å²) in [6, 6.07) is 13.4. The Hall–Kier alpha value is -4.40. The first-order chi connectivity index (χ1) is 15.4.